The van der Waals surface area contributed by atoms with Gasteiger partial charge in [0.2, 0.25) is 0 Å². The van der Waals surface area contributed by atoms with Gasteiger partial charge >= 0.3 is 6.61 Å². The Kier molecular flexibility index (Phi) is 5.05. The molecule has 0 saturated carbocycles. The van der Waals surface area contributed by atoms with Crippen LogP contribution in [0.25, 0.3) is 0 Å². The van der Waals surface area contributed by atoms with Crippen LogP contribution in [0.3, 0.4) is 0 Å². The van der Waals surface area contributed by atoms with Crippen molar-refractivity contribution in [3.63, 3.8) is 0 Å². The van der Waals surface area contributed by atoms with E-state index in [0.717, 1.165) is 0 Å². The number of alkyl halides is 2. The number of nitrogens with two attached hydrogens (primary N) is 1. The summed E-state index contributed by atoms with van der Waals surface area (Å²) in [5.41, 5.74) is 6.49. The summed E-state index contributed by atoms with van der Waals surface area (Å²) >= 11 is 0. The van der Waals surface area contributed by atoms with Crippen LogP contribution in [-0.2, 0) is 11.3 Å². The van der Waals surface area contributed by atoms with Crippen LogP contribution in [-0.4, -0.2) is 48.8 Å². The minimum Gasteiger partial charge on any atom is -0.433 e. The quantitative estimate of drug-likeness (QED) is 0.655. The monoisotopic (exact) mass is 286 g/mol. The average molecular weight is 286 g/mol. The topological polar surface area (TPSA) is 73.0 Å². The van der Waals surface area contributed by atoms with Gasteiger partial charge in [-0.2, -0.15) is 8.78 Å². The number of morpholine rings is 1. The highest BCUT2D eigenvalue weighted by molar-refractivity contribution is 5.78. The van der Waals surface area contributed by atoms with E-state index in [9.17, 15) is 8.78 Å². The fourth-order valence-corrected chi connectivity index (χ4v) is 1.73. The minimum atomic E-state index is -2.85. The summed E-state index contributed by atoms with van der Waals surface area (Å²) in [5, 5.41) is 0. The van der Waals surface area contributed by atoms with Gasteiger partial charge in [0.15, 0.2) is 5.96 Å². The van der Waals surface area contributed by atoms with Crippen molar-refractivity contribution < 1.29 is 18.3 Å². The maximum absolute atomic E-state index is 12.0. The Balaban J connectivity index is 1.89. The molecule has 0 bridgehead atoms. The standard InChI is InChI=1S/C12H16F2N4O2/c13-11(14)20-10-2-1-9(16-8-10)7-17-12(15)18-3-5-19-6-4-18/h1-2,8,11H,3-7H2,(H2,15,17). The van der Waals surface area contributed by atoms with Crippen LogP contribution in [0.15, 0.2) is 23.3 Å². The zero-order valence-corrected chi connectivity index (χ0v) is 10.8. The molecule has 0 aromatic carbocycles. The van der Waals surface area contributed by atoms with Crippen molar-refractivity contribution in [1.29, 1.82) is 0 Å². The molecule has 8 heteroatoms. The minimum absolute atomic E-state index is 0.0221. The SMILES string of the molecule is NC(=NCc1ccc(OC(F)F)cn1)N1CCOCC1. The van der Waals surface area contributed by atoms with E-state index in [1.165, 1.54) is 12.3 Å². The van der Waals surface area contributed by atoms with Gasteiger partial charge in [0, 0.05) is 13.1 Å². The zero-order chi connectivity index (χ0) is 14.4. The number of aliphatic imine (C=N–C) groups is 1. The Morgan fingerprint density at radius 3 is 2.80 bits per heavy atom. The van der Waals surface area contributed by atoms with E-state index in [-0.39, 0.29) is 12.3 Å². The number of hydrogen-bond donors (Lipinski definition) is 1. The van der Waals surface area contributed by atoms with Gasteiger partial charge in [-0.25, -0.2) is 4.99 Å². The van der Waals surface area contributed by atoms with Crippen molar-refractivity contribution in [3.8, 4) is 5.75 Å². The van der Waals surface area contributed by atoms with E-state index in [1.54, 1.807) is 6.07 Å². The molecule has 1 aliphatic heterocycles. The lowest BCUT2D eigenvalue weighted by atomic mass is 10.3. The van der Waals surface area contributed by atoms with Gasteiger partial charge in [0.25, 0.3) is 0 Å². The van der Waals surface area contributed by atoms with Crippen molar-refractivity contribution >= 4 is 5.96 Å². The Hall–Kier alpha value is -1.96. The van der Waals surface area contributed by atoms with Crippen LogP contribution in [0.4, 0.5) is 8.78 Å². The van der Waals surface area contributed by atoms with Crippen LogP contribution in [0.5, 0.6) is 5.75 Å². The second kappa shape index (κ2) is 6.99. The van der Waals surface area contributed by atoms with Crippen molar-refractivity contribution in [2.45, 2.75) is 13.2 Å². The van der Waals surface area contributed by atoms with Gasteiger partial charge in [-0.1, -0.05) is 0 Å². The molecular weight excluding hydrogens is 270 g/mol. The number of rotatable bonds is 4. The summed E-state index contributed by atoms with van der Waals surface area (Å²) < 4.78 is 33.4. The molecule has 6 nitrogen and oxygen atoms in total. The highest BCUT2D eigenvalue weighted by atomic mass is 19.3. The highest BCUT2D eigenvalue weighted by Gasteiger charge is 2.12. The predicted molar refractivity (Wildman–Crippen MR) is 68.6 cm³/mol. The average Bonchev–Trinajstić information content (AvgIpc) is 2.46. The largest absolute Gasteiger partial charge is 0.433 e. The highest BCUT2D eigenvalue weighted by Crippen LogP contribution is 2.12. The van der Waals surface area contributed by atoms with Crippen LogP contribution >= 0.6 is 0 Å². The maximum Gasteiger partial charge on any atom is 0.387 e. The molecule has 2 heterocycles. The van der Waals surface area contributed by atoms with Crippen molar-refractivity contribution in [3.05, 3.63) is 24.0 Å². The number of nitrogens with zero attached hydrogens (tertiary/aromatic N) is 3. The number of pyridine rings is 1. The molecule has 1 fully saturated rings. The van der Waals surface area contributed by atoms with Crippen molar-refractivity contribution in [1.82, 2.24) is 9.88 Å². The lowest BCUT2D eigenvalue weighted by molar-refractivity contribution is -0.0500. The number of hydrogen-bond acceptors (Lipinski definition) is 4. The van der Waals surface area contributed by atoms with Gasteiger partial charge in [-0.05, 0) is 12.1 Å². The summed E-state index contributed by atoms with van der Waals surface area (Å²) in [7, 11) is 0. The summed E-state index contributed by atoms with van der Waals surface area (Å²) in [4.78, 5) is 10.1. The Morgan fingerprint density at radius 2 is 2.20 bits per heavy atom. The first-order valence-electron chi connectivity index (χ1n) is 6.17. The molecule has 1 aromatic heterocycles. The molecule has 0 unspecified atom stereocenters. The molecule has 0 atom stereocenters. The second-order valence-corrected chi connectivity index (χ2v) is 4.14. The molecule has 2 N–H and O–H groups in total. The normalized spacial score (nSPS) is 16.6. The smallest absolute Gasteiger partial charge is 0.387 e. The van der Waals surface area contributed by atoms with Crippen LogP contribution < -0.4 is 10.5 Å². The Morgan fingerprint density at radius 1 is 1.45 bits per heavy atom. The molecular formula is C12H16F2N4O2. The van der Waals surface area contributed by atoms with E-state index in [2.05, 4.69) is 14.7 Å². The van der Waals surface area contributed by atoms with Crippen LogP contribution in [0, 0.1) is 0 Å². The van der Waals surface area contributed by atoms with Crippen LogP contribution in [0.2, 0.25) is 0 Å². The van der Waals surface area contributed by atoms with Gasteiger partial charge in [-0.15, -0.1) is 0 Å². The maximum atomic E-state index is 12.0. The third kappa shape index (κ3) is 4.30. The van der Waals surface area contributed by atoms with Gasteiger partial charge < -0.3 is 20.1 Å². The third-order valence-electron chi connectivity index (χ3n) is 2.76. The molecule has 2 rings (SSSR count). The van der Waals surface area contributed by atoms with Gasteiger partial charge in [0.1, 0.15) is 5.75 Å². The van der Waals surface area contributed by atoms with E-state index < -0.39 is 6.61 Å². The third-order valence-corrected chi connectivity index (χ3v) is 2.76. The first kappa shape index (κ1) is 14.4. The molecule has 1 saturated heterocycles. The van der Waals surface area contributed by atoms with Crippen molar-refractivity contribution in [2.75, 3.05) is 26.3 Å². The molecule has 110 valence electrons. The fraction of sp³-hybridized carbons (Fsp3) is 0.500. The second-order valence-electron chi connectivity index (χ2n) is 4.14. The molecule has 20 heavy (non-hydrogen) atoms. The Labute approximate surface area is 115 Å². The zero-order valence-electron chi connectivity index (χ0n) is 10.8. The first-order valence-corrected chi connectivity index (χ1v) is 6.17. The van der Waals surface area contributed by atoms with E-state index in [4.69, 9.17) is 10.5 Å². The van der Waals surface area contributed by atoms with Gasteiger partial charge in [-0.3, -0.25) is 4.98 Å². The van der Waals surface area contributed by atoms with Gasteiger partial charge in [0.05, 0.1) is 31.6 Å². The lowest BCUT2D eigenvalue weighted by Crippen LogP contribution is -2.44. The summed E-state index contributed by atoms with van der Waals surface area (Å²) in [6.07, 6.45) is 1.24. The van der Waals surface area contributed by atoms with E-state index in [1.807, 2.05) is 4.90 Å². The van der Waals surface area contributed by atoms with E-state index in [0.29, 0.717) is 38.0 Å². The fourth-order valence-electron chi connectivity index (χ4n) is 1.73. The van der Waals surface area contributed by atoms with Crippen LogP contribution in [0.1, 0.15) is 5.69 Å². The summed E-state index contributed by atoms with van der Waals surface area (Å²) in [6, 6.07) is 3.00. The number of guanidine groups is 1. The molecule has 0 radical (unpaired) electrons. The Bertz CT molecular complexity index is 447. The number of aromatic nitrogens is 1. The number of ether oxygens (including phenoxy) is 2. The van der Waals surface area contributed by atoms with Crippen molar-refractivity contribution in [2.24, 2.45) is 10.7 Å². The lowest BCUT2D eigenvalue weighted by Gasteiger charge is -2.27. The number of halogens is 2. The first-order chi connectivity index (χ1) is 9.65. The molecule has 1 aromatic rings. The summed E-state index contributed by atoms with van der Waals surface area (Å²) in [5.74, 6) is 0.455. The van der Waals surface area contributed by atoms with E-state index >= 15 is 0 Å². The summed E-state index contributed by atoms with van der Waals surface area (Å²) in [6.45, 7) is 0.131. The molecule has 1 aliphatic rings. The predicted octanol–water partition coefficient (Wildman–Crippen LogP) is 0.830. The molecule has 0 amide bonds. The molecule has 0 spiro atoms. The molecule has 0 aliphatic carbocycles.